The number of ether oxygens (including phenoxy) is 2. The highest BCUT2D eigenvalue weighted by Gasteiger charge is 2.16. The second-order valence-corrected chi connectivity index (χ2v) is 3.85. The molecule has 0 aliphatic rings. The fraction of sp³-hybridized carbons (Fsp3) is 0.417. The molecule has 1 rings (SSSR count). The Morgan fingerprint density at radius 3 is 2.75 bits per heavy atom. The molecule has 1 aromatic carbocycles. The highest BCUT2D eigenvalue weighted by molar-refractivity contribution is 6.32. The van der Waals surface area contributed by atoms with Gasteiger partial charge in [0.1, 0.15) is 5.75 Å². The van der Waals surface area contributed by atoms with Crippen LogP contribution in [0.5, 0.6) is 5.75 Å². The topological polar surface area (TPSA) is 35.5 Å². The highest BCUT2D eigenvalue weighted by atomic mass is 35.5. The van der Waals surface area contributed by atoms with Crippen molar-refractivity contribution >= 4 is 17.6 Å². The summed E-state index contributed by atoms with van der Waals surface area (Å²) in [5, 5.41) is 0.496. The molecule has 0 N–H and O–H groups in total. The summed E-state index contributed by atoms with van der Waals surface area (Å²) in [4.78, 5) is 11.3. The Kier molecular flexibility index (Phi) is 4.62. The first-order chi connectivity index (χ1) is 7.54. The lowest BCUT2D eigenvalue weighted by Crippen LogP contribution is -2.26. The maximum absolute atomic E-state index is 11.3. The maximum atomic E-state index is 11.3. The Hall–Kier alpha value is -1.22. The highest BCUT2D eigenvalue weighted by Crippen LogP contribution is 2.26. The van der Waals surface area contributed by atoms with Crippen molar-refractivity contribution in [1.82, 2.24) is 0 Å². The molecule has 16 heavy (non-hydrogen) atoms. The molecule has 4 heteroatoms. The second-order valence-electron chi connectivity index (χ2n) is 3.45. The van der Waals surface area contributed by atoms with Gasteiger partial charge in [-0.05, 0) is 38.5 Å². The largest absolute Gasteiger partial charge is 0.477 e. The van der Waals surface area contributed by atoms with Gasteiger partial charge in [-0.2, -0.15) is 0 Å². The maximum Gasteiger partial charge on any atom is 0.347 e. The fourth-order valence-corrected chi connectivity index (χ4v) is 1.48. The number of esters is 1. The molecule has 0 aromatic heterocycles. The molecule has 3 nitrogen and oxygen atoms in total. The van der Waals surface area contributed by atoms with Gasteiger partial charge in [0.2, 0.25) is 0 Å². The number of halogens is 1. The van der Waals surface area contributed by atoms with Crippen LogP contribution in [0.3, 0.4) is 0 Å². The lowest BCUT2D eigenvalue weighted by molar-refractivity contribution is -0.150. The Morgan fingerprint density at radius 1 is 1.50 bits per heavy atom. The van der Waals surface area contributed by atoms with Gasteiger partial charge in [-0.3, -0.25) is 0 Å². The minimum atomic E-state index is -0.653. The van der Waals surface area contributed by atoms with Crippen LogP contribution in [0.15, 0.2) is 18.2 Å². The van der Waals surface area contributed by atoms with Crippen LogP contribution in [-0.2, 0) is 9.53 Å². The lowest BCUT2D eigenvalue weighted by Gasteiger charge is -2.14. The van der Waals surface area contributed by atoms with Gasteiger partial charge >= 0.3 is 5.97 Å². The molecule has 1 aromatic rings. The normalized spacial score (nSPS) is 12.0. The average molecular weight is 243 g/mol. The molecule has 0 fully saturated rings. The smallest absolute Gasteiger partial charge is 0.347 e. The molecule has 0 spiro atoms. The monoisotopic (exact) mass is 242 g/mol. The molecule has 0 radical (unpaired) electrons. The molecular formula is C12H15ClO3. The summed E-state index contributed by atoms with van der Waals surface area (Å²) in [6.45, 7) is 5.66. The predicted molar refractivity (Wildman–Crippen MR) is 62.9 cm³/mol. The number of rotatable bonds is 4. The lowest BCUT2D eigenvalue weighted by atomic mass is 10.2. The van der Waals surface area contributed by atoms with Gasteiger partial charge in [0.05, 0.1) is 11.6 Å². The van der Waals surface area contributed by atoms with E-state index in [0.717, 1.165) is 5.56 Å². The predicted octanol–water partition coefficient (Wildman–Crippen LogP) is 2.98. The molecule has 0 saturated carbocycles. The van der Waals surface area contributed by atoms with Gasteiger partial charge in [-0.25, -0.2) is 4.79 Å². The van der Waals surface area contributed by atoms with Crippen molar-refractivity contribution in [3.8, 4) is 5.75 Å². The van der Waals surface area contributed by atoms with Crippen molar-refractivity contribution in [2.45, 2.75) is 26.9 Å². The number of benzene rings is 1. The molecule has 0 amide bonds. The van der Waals surface area contributed by atoms with Gasteiger partial charge in [0.25, 0.3) is 0 Å². The minimum Gasteiger partial charge on any atom is -0.477 e. The second kappa shape index (κ2) is 5.75. The molecule has 0 aliphatic heterocycles. The van der Waals surface area contributed by atoms with E-state index in [1.165, 1.54) is 0 Å². The van der Waals surface area contributed by atoms with E-state index in [1.807, 2.05) is 13.0 Å². The number of carbonyl (C=O) groups is 1. The summed E-state index contributed by atoms with van der Waals surface area (Å²) < 4.78 is 10.2. The molecule has 88 valence electrons. The minimum absolute atomic E-state index is 0.341. The van der Waals surface area contributed by atoms with Crippen LogP contribution in [0.1, 0.15) is 19.4 Å². The summed E-state index contributed by atoms with van der Waals surface area (Å²) >= 11 is 5.98. The number of hydrogen-bond donors (Lipinski definition) is 0. The molecule has 0 saturated heterocycles. The van der Waals surface area contributed by atoms with E-state index >= 15 is 0 Å². The van der Waals surface area contributed by atoms with Crippen molar-refractivity contribution in [3.05, 3.63) is 28.8 Å². The zero-order valence-corrected chi connectivity index (χ0v) is 10.4. The Morgan fingerprint density at radius 2 is 2.19 bits per heavy atom. The Bertz CT molecular complexity index is 377. The standard InChI is InChI=1S/C12H15ClO3/c1-4-15-12(14)9(3)16-11-6-5-8(2)7-10(11)13/h5-7,9H,4H2,1-3H3. The van der Waals surface area contributed by atoms with Crippen LogP contribution < -0.4 is 4.74 Å². The van der Waals surface area contributed by atoms with E-state index in [-0.39, 0.29) is 5.97 Å². The quantitative estimate of drug-likeness (QED) is 0.762. The van der Waals surface area contributed by atoms with Gasteiger partial charge in [0.15, 0.2) is 6.10 Å². The molecule has 0 aliphatic carbocycles. The van der Waals surface area contributed by atoms with Crippen molar-refractivity contribution in [1.29, 1.82) is 0 Å². The third kappa shape index (κ3) is 3.42. The van der Waals surface area contributed by atoms with Crippen molar-refractivity contribution in [2.75, 3.05) is 6.61 Å². The van der Waals surface area contributed by atoms with Crippen molar-refractivity contribution in [2.24, 2.45) is 0 Å². The first-order valence-electron chi connectivity index (χ1n) is 5.14. The van der Waals surface area contributed by atoms with Gasteiger partial charge in [0, 0.05) is 0 Å². The summed E-state index contributed by atoms with van der Waals surface area (Å²) in [6, 6.07) is 5.40. The summed E-state index contributed by atoms with van der Waals surface area (Å²) in [6.07, 6.45) is -0.653. The van der Waals surface area contributed by atoms with Crippen molar-refractivity contribution in [3.63, 3.8) is 0 Å². The van der Waals surface area contributed by atoms with Crippen molar-refractivity contribution < 1.29 is 14.3 Å². The zero-order chi connectivity index (χ0) is 12.1. The van der Waals surface area contributed by atoms with Gasteiger partial charge < -0.3 is 9.47 Å². The average Bonchev–Trinajstić information content (AvgIpc) is 2.22. The number of hydrogen-bond acceptors (Lipinski definition) is 3. The third-order valence-electron chi connectivity index (χ3n) is 2.01. The molecular weight excluding hydrogens is 228 g/mol. The van der Waals surface area contributed by atoms with Crippen LogP contribution in [0, 0.1) is 6.92 Å². The zero-order valence-electron chi connectivity index (χ0n) is 9.62. The van der Waals surface area contributed by atoms with E-state index in [0.29, 0.717) is 17.4 Å². The SMILES string of the molecule is CCOC(=O)C(C)Oc1ccc(C)cc1Cl. The van der Waals surface area contributed by atoms with E-state index < -0.39 is 6.10 Å². The van der Waals surface area contributed by atoms with E-state index in [2.05, 4.69) is 0 Å². The third-order valence-corrected chi connectivity index (χ3v) is 2.31. The van der Waals surface area contributed by atoms with Crippen LogP contribution >= 0.6 is 11.6 Å². The first-order valence-corrected chi connectivity index (χ1v) is 5.51. The molecule has 1 unspecified atom stereocenters. The van der Waals surface area contributed by atoms with Gasteiger partial charge in [-0.1, -0.05) is 17.7 Å². The molecule has 0 heterocycles. The number of aryl methyl sites for hydroxylation is 1. The summed E-state index contributed by atoms with van der Waals surface area (Å²) in [7, 11) is 0. The van der Waals surface area contributed by atoms with E-state index in [1.54, 1.807) is 26.0 Å². The van der Waals surface area contributed by atoms with Gasteiger partial charge in [-0.15, -0.1) is 0 Å². The van der Waals surface area contributed by atoms with E-state index in [9.17, 15) is 4.79 Å². The van der Waals surface area contributed by atoms with E-state index in [4.69, 9.17) is 21.1 Å². The Labute approximate surface area is 100 Å². The van der Waals surface area contributed by atoms with Crippen LogP contribution in [0.25, 0.3) is 0 Å². The fourth-order valence-electron chi connectivity index (χ4n) is 1.20. The molecule has 1 atom stereocenters. The number of carbonyl (C=O) groups excluding carboxylic acids is 1. The molecule has 0 bridgehead atoms. The van der Waals surface area contributed by atoms with Crippen LogP contribution in [0.2, 0.25) is 5.02 Å². The van der Waals surface area contributed by atoms with Crippen LogP contribution in [-0.4, -0.2) is 18.7 Å². The summed E-state index contributed by atoms with van der Waals surface area (Å²) in [5.41, 5.74) is 1.04. The summed E-state index contributed by atoms with van der Waals surface area (Å²) in [5.74, 6) is 0.104. The van der Waals surface area contributed by atoms with Crippen LogP contribution in [0.4, 0.5) is 0 Å². The first kappa shape index (κ1) is 12.8. The Balaban J connectivity index is 2.69.